The Balaban J connectivity index is 1.43. The Bertz CT molecular complexity index is 748. The second-order valence-electron chi connectivity index (χ2n) is 5.56. The summed E-state index contributed by atoms with van der Waals surface area (Å²) in [5.74, 6) is 0.995. The lowest BCUT2D eigenvalue weighted by Crippen LogP contribution is -2.46. The van der Waals surface area contributed by atoms with Gasteiger partial charge in [-0.25, -0.2) is 4.98 Å². The Morgan fingerprint density at radius 3 is 2.55 bits per heavy atom. The van der Waals surface area contributed by atoms with Gasteiger partial charge in [0.15, 0.2) is 0 Å². The van der Waals surface area contributed by atoms with E-state index < -0.39 is 0 Å². The number of fused-ring (bicyclic) bond motifs is 1. The summed E-state index contributed by atoms with van der Waals surface area (Å²) >= 11 is 1.84. The fourth-order valence-corrected chi connectivity index (χ4v) is 3.60. The average molecular weight is 310 g/mol. The van der Waals surface area contributed by atoms with Gasteiger partial charge >= 0.3 is 0 Å². The van der Waals surface area contributed by atoms with Gasteiger partial charge in [-0.1, -0.05) is 18.2 Å². The number of anilines is 1. The van der Waals surface area contributed by atoms with Crippen LogP contribution >= 0.6 is 11.3 Å². The van der Waals surface area contributed by atoms with E-state index in [0.29, 0.717) is 0 Å². The van der Waals surface area contributed by atoms with E-state index in [-0.39, 0.29) is 0 Å². The van der Waals surface area contributed by atoms with E-state index in [1.165, 1.54) is 4.88 Å². The van der Waals surface area contributed by atoms with Crippen molar-refractivity contribution in [2.75, 3.05) is 31.1 Å². The molecule has 0 N–H and O–H groups in total. The molecule has 3 heterocycles. The first-order chi connectivity index (χ1) is 10.9. The zero-order valence-electron chi connectivity index (χ0n) is 12.4. The molecule has 0 unspecified atom stereocenters. The number of benzene rings is 1. The maximum absolute atomic E-state index is 4.75. The normalized spacial score (nSPS) is 16.3. The van der Waals surface area contributed by atoms with Crippen molar-refractivity contribution in [3.8, 4) is 0 Å². The molecule has 0 saturated carbocycles. The minimum absolute atomic E-state index is 0.961. The molecule has 1 aliphatic rings. The highest BCUT2D eigenvalue weighted by molar-refractivity contribution is 7.09. The molecule has 112 valence electrons. The number of para-hydroxylation sites is 2. The minimum atomic E-state index is 0.961. The van der Waals surface area contributed by atoms with Gasteiger partial charge in [-0.3, -0.25) is 9.88 Å². The van der Waals surface area contributed by atoms with Crippen LogP contribution in [-0.2, 0) is 6.54 Å². The predicted octanol–water partition coefficient (Wildman–Crippen LogP) is 3.01. The van der Waals surface area contributed by atoms with Crippen LogP contribution in [-0.4, -0.2) is 41.0 Å². The quantitative estimate of drug-likeness (QED) is 0.744. The standard InChI is InChI=1S/C17H18N4S/c1-2-6-16-15(5-1)18-12-17(19-16)21-9-7-20(8-10-21)13-14-4-3-11-22-14/h1-6,11-12H,7-10,13H2. The highest BCUT2D eigenvalue weighted by atomic mass is 32.1. The molecule has 0 radical (unpaired) electrons. The van der Waals surface area contributed by atoms with Gasteiger partial charge in [0.2, 0.25) is 0 Å². The van der Waals surface area contributed by atoms with E-state index in [1.54, 1.807) is 0 Å². The summed E-state index contributed by atoms with van der Waals surface area (Å²) in [5.41, 5.74) is 1.93. The predicted molar refractivity (Wildman–Crippen MR) is 91.3 cm³/mol. The molecule has 1 aromatic carbocycles. The van der Waals surface area contributed by atoms with Crippen LogP contribution in [0.3, 0.4) is 0 Å². The first kappa shape index (κ1) is 13.7. The number of aromatic nitrogens is 2. The van der Waals surface area contributed by atoms with Crippen LogP contribution in [0.1, 0.15) is 4.88 Å². The molecule has 1 fully saturated rings. The molecule has 0 amide bonds. The van der Waals surface area contributed by atoms with Gasteiger partial charge in [0.25, 0.3) is 0 Å². The lowest BCUT2D eigenvalue weighted by Gasteiger charge is -2.35. The van der Waals surface area contributed by atoms with Crippen molar-refractivity contribution >= 4 is 28.2 Å². The third-order valence-electron chi connectivity index (χ3n) is 4.09. The van der Waals surface area contributed by atoms with Gasteiger partial charge in [0.05, 0.1) is 17.2 Å². The maximum atomic E-state index is 4.75. The van der Waals surface area contributed by atoms with Gasteiger partial charge in [-0.15, -0.1) is 11.3 Å². The molecule has 0 aliphatic carbocycles. The average Bonchev–Trinajstić information content (AvgIpc) is 3.08. The van der Waals surface area contributed by atoms with E-state index in [2.05, 4.69) is 32.3 Å². The Morgan fingerprint density at radius 1 is 0.955 bits per heavy atom. The van der Waals surface area contributed by atoms with Crippen molar-refractivity contribution in [2.24, 2.45) is 0 Å². The smallest absolute Gasteiger partial charge is 0.147 e. The highest BCUT2D eigenvalue weighted by Gasteiger charge is 2.18. The van der Waals surface area contributed by atoms with Crippen molar-refractivity contribution in [2.45, 2.75) is 6.54 Å². The number of piperazine rings is 1. The molecule has 1 aliphatic heterocycles. The SMILES string of the molecule is c1csc(CN2CCN(c3cnc4ccccc4n3)CC2)c1. The van der Waals surface area contributed by atoms with Crippen LogP contribution in [0, 0.1) is 0 Å². The van der Waals surface area contributed by atoms with E-state index in [0.717, 1.165) is 49.6 Å². The van der Waals surface area contributed by atoms with Crippen LogP contribution in [0.5, 0.6) is 0 Å². The van der Waals surface area contributed by atoms with E-state index in [9.17, 15) is 0 Å². The Hall–Kier alpha value is -1.98. The number of hydrogen-bond acceptors (Lipinski definition) is 5. The summed E-state index contributed by atoms with van der Waals surface area (Å²) < 4.78 is 0. The molecular formula is C17H18N4S. The van der Waals surface area contributed by atoms with Gasteiger partial charge in [-0.05, 0) is 23.6 Å². The van der Waals surface area contributed by atoms with Crippen LogP contribution in [0.25, 0.3) is 11.0 Å². The highest BCUT2D eigenvalue weighted by Crippen LogP contribution is 2.18. The zero-order chi connectivity index (χ0) is 14.8. The lowest BCUT2D eigenvalue weighted by atomic mass is 10.3. The molecule has 1 saturated heterocycles. The monoisotopic (exact) mass is 310 g/mol. The molecular weight excluding hydrogens is 292 g/mol. The molecule has 4 nitrogen and oxygen atoms in total. The van der Waals surface area contributed by atoms with E-state index >= 15 is 0 Å². The van der Waals surface area contributed by atoms with Crippen LogP contribution < -0.4 is 4.90 Å². The van der Waals surface area contributed by atoms with Gasteiger partial charge in [0.1, 0.15) is 5.82 Å². The van der Waals surface area contributed by atoms with Gasteiger partial charge in [0, 0.05) is 37.6 Å². The summed E-state index contributed by atoms with van der Waals surface area (Å²) in [5, 5.41) is 2.15. The number of thiophene rings is 1. The molecule has 0 atom stereocenters. The summed E-state index contributed by atoms with van der Waals surface area (Å²) in [4.78, 5) is 15.6. The zero-order valence-corrected chi connectivity index (χ0v) is 13.2. The second kappa shape index (κ2) is 6.02. The van der Waals surface area contributed by atoms with Crippen molar-refractivity contribution < 1.29 is 0 Å². The van der Waals surface area contributed by atoms with Crippen molar-refractivity contribution in [3.63, 3.8) is 0 Å². The molecule has 2 aromatic heterocycles. The van der Waals surface area contributed by atoms with Crippen LogP contribution in [0.4, 0.5) is 5.82 Å². The fourth-order valence-electron chi connectivity index (χ4n) is 2.86. The van der Waals surface area contributed by atoms with Gasteiger partial charge in [-0.2, -0.15) is 0 Å². The number of hydrogen-bond donors (Lipinski definition) is 0. The van der Waals surface area contributed by atoms with Crippen molar-refractivity contribution in [3.05, 3.63) is 52.9 Å². The summed E-state index contributed by atoms with van der Waals surface area (Å²) in [6.45, 7) is 5.24. The molecule has 5 heteroatoms. The molecule has 0 spiro atoms. The van der Waals surface area contributed by atoms with E-state index in [1.807, 2.05) is 41.8 Å². The topological polar surface area (TPSA) is 32.3 Å². The first-order valence-electron chi connectivity index (χ1n) is 7.60. The third kappa shape index (κ3) is 2.82. The maximum Gasteiger partial charge on any atom is 0.147 e. The van der Waals surface area contributed by atoms with Gasteiger partial charge < -0.3 is 4.90 Å². The van der Waals surface area contributed by atoms with Crippen molar-refractivity contribution in [1.82, 2.24) is 14.9 Å². The molecule has 3 aromatic rings. The Kier molecular flexibility index (Phi) is 3.74. The third-order valence-corrected chi connectivity index (χ3v) is 4.95. The van der Waals surface area contributed by atoms with Crippen LogP contribution in [0.2, 0.25) is 0 Å². The number of rotatable bonds is 3. The first-order valence-corrected chi connectivity index (χ1v) is 8.48. The second-order valence-corrected chi connectivity index (χ2v) is 6.59. The Morgan fingerprint density at radius 2 is 1.77 bits per heavy atom. The fraction of sp³-hybridized carbons (Fsp3) is 0.294. The summed E-state index contributed by atoms with van der Waals surface area (Å²) in [6, 6.07) is 12.4. The molecule has 0 bridgehead atoms. The van der Waals surface area contributed by atoms with E-state index in [4.69, 9.17) is 4.98 Å². The van der Waals surface area contributed by atoms with Crippen LogP contribution in [0.15, 0.2) is 48.0 Å². The van der Waals surface area contributed by atoms with Crippen molar-refractivity contribution in [1.29, 1.82) is 0 Å². The Labute approximate surface area is 134 Å². The molecule has 22 heavy (non-hydrogen) atoms. The molecule has 4 rings (SSSR count). The summed E-state index contributed by atoms with van der Waals surface area (Å²) in [6.07, 6.45) is 1.90. The number of nitrogens with zero attached hydrogens (tertiary/aromatic N) is 4. The lowest BCUT2D eigenvalue weighted by molar-refractivity contribution is 0.251. The largest absolute Gasteiger partial charge is 0.353 e. The summed E-state index contributed by atoms with van der Waals surface area (Å²) in [7, 11) is 0. The minimum Gasteiger partial charge on any atom is -0.353 e.